The fourth-order valence-electron chi connectivity index (χ4n) is 7.68. The van der Waals surface area contributed by atoms with Crippen molar-refractivity contribution in [2.45, 2.75) is 88.3 Å². The van der Waals surface area contributed by atoms with E-state index in [1.165, 1.54) is 6.92 Å². The van der Waals surface area contributed by atoms with Gasteiger partial charge >= 0.3 is 0 Å². The van der Waals surface area contributed by atoms with E-state index in [2.05, 4.69) is 16.0 Å². The van der Waals surface area contributed by atoms with Gasteiger partial charge in [0, 0.05) is 52.9 Å². The van der Waals surface area contributed by atoms with Crippen molar-refractivity contribution in [2.75, 3.05) is 0 Å². The molecule has 2 aromatic carbocycles. The number of carbonyl (C=O) groups excluding carboxylic acids is 2. The number of aromatic amines is 1. The second-order valence-corrected chi connectivity index (χ2v) is 14.0. The van der Waals surface area contributed by atoms with Gasteiger partial charge in [-0.1, -0.05) is 35.3 Å². The Morgan fingerprint density at radius 2 is 1.98 bits per heavy atom. The molecule has 1 N–H and O–H groups in total. The van der Waals surface area contributed by atoms with Crippen molar-refractivity contribution in [2.24, 2.45) is 5.92 Å². The number of ether oxygens (including phenoxy) is 1. The molecular formula is C35H30Cl2F2N4O3. The van der Waals surface area contributed by atoms with Crippen LogP contribution in [0.5, 0.6) is 0 Å². The van der Waals surface area contributed by atoms with Crippen LogP contribution >= 0.6 is 23.2 Å². The number of amides is 1. The number of rotatable bonds is 8. The predicted octanol–water partition coefficient (Wildman–Crippen LogP) is 8.20. The van der Waals surface area contributed by atoms with E-state index in [0.717, 1.165) is 12.8 Å². The van der Waals surface area contributed by atoms with Crippen molar-refractivity contribution in [3.05, 3.63) is 63.1 Å². The molecule has 0 spiro atoms. The summed E-state index contributed by atoms with van der Waals surface area (Å²) >= 11 is 12.9. The Morgan fingerprint density at radius 3 is 2.67 bits per heavy atom. The first kappa shape index (κ1) is 29.8. The first-order valence-corrected chi connectivity index (χ1v) is 16.5. The van der Waals surface area contributed by atoms with Crippen LogP contribution in [0.3, 0.4) is 0 Å². The van der Waals surface area contributed by atoms with E-state index in [-0.39, 0.29) is 82.5 Å². The van der Waals surface area contributed by atoms with Crippen molar-refractivity contribution >= 4 is 56.7 Å². The van der Waals surface area contributed by atoms with E-state index in [1.807, 2.05) is 6.07 Å². The van der Waals surface area contributed by atoms with Crippen molar-refractivity contribution in [1.82, 2.24) is 14.9 Å². The Hall–Kier alpha value is -3.58. The Balaban J connectivity index is 1.33. The minimum Gasteiger partial charge on any atom is -0.375 e. The number of carbonyl (C=O) groups is 2. The molecule has 11 heteroatoms. The zero-order chi connectivity index (χ0) is 32.1. The van der Waals surface area contributed by atoms with Crippen molar-refractivity contribution in [1.29, 1.82) is 5.26 Å². The normalized spacial score (nSPS) is 24.6. The van der Waals surface area contributed by atoms with E-state index >= 15 is 8.78 Å². The third-order valence-corrected chi connectivity index (χ3v) is 10.9. The number of nitrogens with one attached hydrogen (secondary N) is 1. The molecule has 4 unspecified atom stereocenters. The van der Waals surface area contributed by atoms with E-state index in [0.29, 0.717) is 46.0 Å². The largest absolute Gasteiger partial charge is 0.375 e. The molecule has 8 rings (SSSR count). The first-order valence-electron chi connectivity index (χ1n) is 15.8. The van der Waals surface area contributed by atoms with Crippen LogP contribution in [0.4, 0.5) is 8.78 Å². The highest BCUT2D eigenvalue weighted by atomic mass is 35.5. The third kappa shape index (κ3) is 4.63. The lowest BCUT2D eigenvalue weighted by atomic mass is 9.92. The van der Waals surface area contributed by atoms with Crippen LogP contribution < -0.4 is 0 Å². The van der Waals surface area contributed by atoms with Gasteiger partial charge in [-0.25, -0.2) is 13.8 Å². The number of H-pyrrole nitrogens is 1. The van der Waals surface area contributed by atoms with E-state index < -0.39 is 23.4 Å². The molecule has 7 nitrogen and oxygen atoms in total. The predicted molar refractivity (Wildman–Crippen MR) is 170 cm³/mol. The van der Waals surface area contributed by atoms with E-state index in [4.69, 9.17) is 27.9 Å². The topological polar surface area (TPSA) is 99.1 Å². The first-order chi connectivity index (χ1) is 22.1. The monoisotopic (exact) mass is 662 g/mol. The summed E-state index contributed by atoms with van der Waals surface area (Å²) in [6.45, 7) is 1.38. The Kier molecular flexibility index (Phi) is 6.95. The molecule has 3 aliphatic carbocycles. The number of hydrogen-bond donors (Lipinski definition) is 1. The number of aromatic nitrogens is 2. The average Bonchev–Trinajstić information content (AvgIpc) is 3.86. The molecular weight excluding hydrogens is 633 g/mol. The van der Waals surface area contributed by atoms with Gasteiger partial charge < -0.3 is 14.6 Å². The number of piperidine rings is 1. The van der Waals surface area contributed by atoms with Gasteiger partial charge in [0.1, 0.15) is 11.2 Å². The number of nitriles is 1. The molecule has 4 aliphatic rings. The summed E-state index contributed by atoms with van der Waals surface area (Å²) < 4.78 is 38.4. The number of benzene rings is 2. The zero-order valence-electron chi connectivity index (χ0n) is 25.0. The molecule has 4 aromatic rings. The van der Waals surface area contributed by atoms with Gasteiger partial charge in [-0.15, -0.1) is 0 Å². The lowest BCUT2D eigenvalue weighted by Crippen LogP contribution is -2.48. The zero-order valence-corrected chi connectivity index (χ0v) is 26.5. The van der Waals surface area contributed by atoms with Crippen LogP contribution in [0.1, 0.15) is 79.7 Å². The van der Waals surface area contributed by atoms with E-state index in [1.54, 1.807) is 29.2 Å². The molecule has 2 aromatic heterocycles. The van der Waals surface area contributed by atoms with Crippen LogP contribution in [-0.4, -0.2) is 50.5 Å². The summed E-state index contributed by atoms with van der Waals surface area (Å²) in [6, 6.07) is 10.0. The third-order valence-electron chi connectivity index (χ3n) is 10.1. The lowest BCUT2D eigenvalue weighted by molar-refractivity contribution is -0.146. The van der Waals surface area contributed by atoms with Gasteiger partial charge in [0.2, 0.25) is 0 Å². The molecule has 2 bridgehead atoms. The Morgan fingerprint density at radius 1 is 1.20 bits per heavy atom. The fourth-order valence-corrected chi connectivity index (χ4v) is 8.07. The van der Waals surface area contributed by atoms with E-state index in [9.17, 15) is 14.9 Å². The second-order valence-electron chi connectivity index (χ2n) is 13.2. The smallest absolute Gasteiger partial charge is 0.261 e. The number of aryl methyl sites for hydroxylation is 1. The number of fused-ring (bicyclic) bond motifs is 5. The fraction of sp³-hybridized carbons (Fsp3) is 0.429. The Labute approximate surface area is 273 Å². The number of nitrogens with zero attached hydrogens (tertiary/aromatic N) is 3. The number of alkyl halides is 1. The SMILES string of the molecule is CC(=O)c1nc2c(F)c(-c3cccc(Cl)c3Cl)c(CCC#N)cc2c2[nH]c(C3C4CC(CC4OC4CC4)N3C(=O)C3(F)CC3)cc12. The van der Waals surface area contributed by atoms with Crippen LogP contribution in [0.2, 0.25) is 10.0 Å². The second kappa shape index (κ2) is 10.7. The summed E-state index contributed by atoms with van der Waals surface area (Å²) in [5.41, 5.74) is 0.403. The molecule has 3 saturated carbocycles. The minimum atomic E-state index is -1.84. The summed E-state index contributed by atoms with van der Waals surface area (Å²) in [7, 11) is 0. The summed E-state index contributed by atoms with van der Waals surface area (Å²) in [4.78, 5) is 36.3. The molecule has 1 saturated heterocycles. The van der Waals surface area contributed by atoms with Gasteiger partial charge in [-0.2, -0.15) is 5.26 Å². The lowest BCUT2D eigenvalue weighted by Gasteiger charge is -2.39. The highest BCUT2D eigenvalue weighted by molar-refractivity contribution is 6.43. The van der Waals surface area contributed by atoms with Gasteiger partial charge in [0.25, 0.3) is 5.91 Å². The maximum atomic E-state index is 16.8. The molecule has 1 aliphatic heterocycles. The van der Waals surface area contributed by atoms with Crippen molar-refractivity contribution < 1.29 is 23.1 Å². The van der Waals surface area contributed by atoms with Crippen molar-refractivity contribution in [3.8, 4) is 17.2 Å². The molecule has 3 heterocycles. The molecule has 4 atom stereocenters. The average molecular weight is 664 g/mol. The number of halogens is 4. The van der Waals surface area contributed by atoms with Crippen LogP contribution in [0, 0.1) is 23.1 Å². The standard InChI is InChI=1S/C35H30Cl2F2N4O3/c1-16(44)30-23-15-25(33-21-13-18(14-26(21)46-19-7-8-19)43(33)34(45)35(39)9-10-35)41-31(23)22-12-17(4-3-11-40)27(29(38)32(22)42-30)20-5-2-6-24(36)28(20)37/h2,5-6,12,15,18-19,21,26,33,41H,3-4,7-10,13-14H2,1H3. The Bertz CT molecular complexity index is 2010. The van der Waals surface area contributed by atoms with Crippen LogP contribution in [0.25, 0.3) is 32.9 Å². The maximum absolute atomic E-state index is 16.8. The summed E-state index contributed by atoms with van der Waals surface area (Å²) in [6.07, 6.45) is 4.37. The molecule has 4 fully saturated rings. The van der Waals surface area contributed by atoms with Gasteiger partial charge in [-0.3, -0.25) is 9.59 Å². The molecule has 236 valence electrons. The molecule has 1 amide bonds. The number of ketones is 1. The van der Waals surface area contributed by atoms with Crippen LogP contribution in [0.15, 0.2) is 30.3 Å². The molecule has 46 heavy (non-hydrogen) atoms. The number of likely N-dealkylation sites (tertiary alicyclic amines) is 1. The van der Waals surface area contributed by atoms with Crippen LogP contribution in [-0.2, 0) is 16.0 Å². The maximum Gasteiger partial charge on any atom is 0.261 e. The summed E-state index contributed by atoms with van der Waals surface area (Å²) in [5, 5.41) is 10.7. The number of hydrogen-bond acceptors (Lipinski definition) is 5. The van der Waals surface area contributed by atoms with Gasteiger partial charge in [0.15, 0.2) is 17.3 Å². The summed E-state index contributed by atoms with van der Waals surface area (Å²) in [5.74, 6) is -1.58. The number of pyridine rings is 1. The van der Waals surface area contributed by atoms with Gasteiger partial charge in [0.05, 0.1) is 39.9 Å². The number of Topliss-reactive ketones (excluding diaryl/α,β-unsaturated/α-hetero) is 1. The van der Waals surface area contributed by atoms with Gasteiger partial charge in [-0.05, 0) is 68.7 Å². The van der Waals surface area contributed by atoms with Crippen molar-refractivity contribution in [3.63, 3.8) is 0 Å². The molecule has 0 radical (unpaired) electrons. The minimum absolute atomic E-state index is 0.0330. The highest BCUT2D eigenvalue weighted by Crippen LogP contribution is 2.56. The quantitative estimate of drug-likeness (QED) is 0.192. The highest BCUT2D eigenvalue weighted by Gasteiger charge is 2.62.